The van der Waals surface area contributed by atoms with Crippen molar-refractivity contribution in [1.82, 2.24) is 0 Å². The van der Waals surface area contributed by atoms with E-state index in [1.165, 1.54) is 58.1 Å². The van der Waals surface area contributed by atoms with Crippen molar-refractivity contribution in [2.75, 3.05) is 9.80 Å². The van der Waals surface area contributed by atoms with E-state index in [1.54, 1.807) is 0 Å². The topological polar surface area (TPSA) is 6.48 Å². The van der Waals surface area contributed by atoms with Crippen molar-refractivity contribution in [3.8, 4) is 0 Å². The van der Waals surface area contributed by atoms with E-state index in [9.17, 15) is 0 Å². The van der Waals surface area contributed by atoms with Crippen molar-refractivity contribution in [2.45, 2.75) is 33.1 Å². The van der Waals surface area contributed by atoms with E-state index in [0.717, 1.165) is 6.42 Å². The first kappa shape index (κ1) is 19.4. The summed E-state index contributed by atoms with van der Waals surface area (Å²) >= 11 is 0. The van der Waals surface area contributed by atoms with Gasteiger partial charge in [-0.1, -0.05) is 67.4 Å². The lowest BCUT2D eigenvalue weighted by Gasteiger charge is -2.40. The van der Waals surface area contributed by atoms with Crippen molar-refractivity contribution in [1.29, 1.82) is 0 Å². The van der Waals surface area contributed by atoms with Gasteiger partial charge >= 0.3 is 0 Å². The molecule has 0 spiro atoms. The quantitative estimate of drug-likeness (QED) is 0.289. The first-order valence-electron chi connectivity index (χ1n) is 11.2. The Bertz CT molecular complexity index is 1130. The highest BCUT2D eigenvalue weighted by Crippen LogP contribution is 2.53. The van der Waals surface area contributed by atoms with E-state index in [-0.39, 0.29) is 0 Å². The zero-order valence-corrected chi connectivity index (χ0v) is 18.3. The summed E-state index contributed by atoms with van der Waals surface area (Å²) in [5, 5.41) is 0. The average molecular weight is 405 g/mol. The van der Waals surface area contributed by atoms with Crippen LogP contribution in [0.2, 0.25) is 0 Å². The van der Waals surface area contributed by atoms with E-state index in [1.807, 2.05) is 0 Å². The lowest BCUT2D eigenvalue weighted by molar-refractivity contribution is 0.795. The number of rotatable bonds is 5. The molecule has 0 atom stereocenters. The third-order valence-corrected chi connectivity index (χ3v) is 6.03. The molecule has 1 aliphatic heterocycles. The van der Waals surface area contributed by atoms with Gasteiger partial charge in [-0.2, -0.15) is 0 Å². The normalized spacial score (nSPS) is 12.5. The van der Waals surface area contributed by atoms with Crippen LogP contribution in [0.25, 0.3) is 0 Å². The maximum absolute atomic E-state index is 2.39. The van der Waals surface area contributed by atoms with Gasteiger partial charge in [0.2, 0.25) is 0 Å². The van der Waals surface area contributed by atoms with Crippen LogP contribution in [0, 0.1) is 6.92 Å². The number of hydrogen-bond donors (Lipinski definition) is 0. The molecule has 0 aliphatic carbocycles. The fraction of sp³-hybridized carbons (Fsp3) is 0.172. The fourth-order valence-electron chi connectivity index (χ4n) is 4.39. The number of benzene rings is 4. The molecule has 0 fully saturated rings. The van der Waals surface area contributed by atoms with Crippen LogP contribution in [0.3, 0.4) is 0 Å². The molecule has 154 valence electrons. The van der Waals surface area contributed by atoms with E-state index in [2.05, 4.69) is 121 Å². The minimum atomic E-state index is 1.14. The molecular weight excluding hydrogens is 376 g/mol. The summed E-state index contributed by atoms with van der Waals surface area (Å²) in [7, 11) is 0. The van der Waals surface area contributed by atoms with Crippen molar-refractivity contribution in [2.24, 2.45) is 0 Å². The standard InChI is InChI=1S/C29H28N2/c1-3-4-9-23-16-20-25(21-17-23)31-28-12-7-5-10-26(28)30(24-18-14-22(2)15-19-24)27-11-6-8-13-29(27)31/h5-8,10-21H,3-4,9H2,1-2H3. The smallest absolute Gasteiger partial charge is 0.0703 e. The molecule has 0 saturated heterocycles. The van der Waals surface area contributed by atoms with Gasteiger partial charge in [0.05, 0.1) is 22.7 Å². The van der Waals surface area contributed by atoms with Crippen LogP contribution in [0.15, 0.2) is 97.1 Å². The molecule has 4 aromatic rings. The number of hydrogen-bond acceptors (Lipinski definition) is 2. The highest BCUT2D eigenvalue weighted by molar-refractivity contribution is 6.01. The third-order valence-electron chi connectivity index (χ3n) is 6.03. The number of para-hydroxylation sites is 4. The number of unbranched alkanes of at least 4 members (excludes halogenated alkanes) is 1. The SMILES string of the molecule is CCCCc1ccc(N2c3ccccc3N(c3ccc(C)cc3)c3ccccc32)cc1. The molecule has 1 heterocycles. The van der Waals surface area contributed by atoms with Crippen LogP contribution in [-0.2, 0) is 6.42 Å². The lowest BCUT2D eigenvalue weighted by Crippen LogP contribution is -2.23. The molecule has 0 bridgehead atoms. The van der Waals surface area contributed by atoms with Crippen molar-refractivity contribution in [3.05, 3.63) is 108 Å². The zero-order chi connectivity index (χ0) is 21.2. The fourth-order valence-corrected chi connectivity index (χ4v) is 4.39. The molecule has 1 aliphatic rings. The Labute approximate surface area is 185 Å². The maximum atomic E-state index is 2.39. The van der Waals surface area contributed by atoms with Crippen molar-refractivity contribution >= 4 is 34.1 Å². The lowest BCUT2D eigenvalue weighted by atomic mass is 10.0. The third kappa shape index (κ3) is 3.59. The minimum absolute atomic E-state index is 1.14. The molecule has 0 unspecified atom stereocenters. The van der Waals surface area contributed by atoms with Gasteiger partial charge in [0, 0.05) is 11.4 Å². The van der Waals surface area contributed by atoms with E-state index < -0.39 is 0 Å². The monoisotopic (exact) mass is 404 g/mol. The number of aryl methyl sites for hydroxylation is 2. The van der Waals surface area contributed by atoms with Gasteiger partial charge in [-0.25, -0.2) is 0 Å². The molecule has 2 nitrogen and oxygen atoms in total. The van der Waals surface area contributed by atoms with Gasteiger partial charge in [0.1, 0.15) is 0 Å². The van der Waals surface area contributed by atoms with E-state index in [4.69, 9.17) is 0 Å². The zero-order valence-electron chi connectivity index (χ0n) is 18.3. The Kier molecular flexibility index (Phi) is 5.21. The first-order valence-corrected chi connectivity index (χ1v) is 11.2. The largest absolute Gasteiger partial charge is 0.306 e. The molecule has 0 saturated carbocycles. The maximum Gasteiger partial charge on any atom is 0.0703 e. The summed E-state index contributed by atoms with van der Waals surface area (Å²) in [6, 6.07) is 35.2. The van der Waals surface area contributed by atoms with Crippen LogP contribution in [0.4, 0.5) is 34.1 Å². The van der Waals surface area contributed by atoms with Gasteiger partial charge < -0.3 is 9.80 Å². The Morgan fingerprint density at radius 1 is 0.548 bits per heavy atom. The van der Waals surface area contributed by atoms with Gasteiger partial charge in [0.15, 0.2) is 0 Å². The summed E-state index contributed by atoms with van der Waals surface area (Å²) in [5.74, 6) is 0. The van der Waals surface area contributed by atoms with Crippen molar-refractivity contribution < 1.29 is 0 Å². The number of fused-ring (bicyclic) bond motifs is 2. The molecule has 0 aromatic heterocycles. The summed E-state index contributed by atoms with van der Waals surface area (Å²) in [5.41, 5.74) is 9.84. The highest BCUT2D eigenvalue weighted by atomic mass is 15.3. The molecule has 5 rings (SSSR count). The Hall–Kier alpha value is -3.52. The predicted molar refractivity (Wildman–Crippen MR) is 133 cm³/mol. The van der Waals surface area contributed by atoms with Gasteiger partial charge in [-0.3, -0.25) is 0 Å². The Balaban J connectivity index is 1.65. The molecule has 0 radical (unpaired) electrons. The molecule has 31 heavy (non-hydrogen) atoms. The summed E-state index contributed by atoms with van der Waals surface area (Å²) in [6.45, 7) is 4.38. The number of nitrogens with zero attached hydrogens (tertiary/aromatic N) is 2. The predicted octanol–water partition coefficient (Wildman–Crippen LogP) is 8.59. The van der Waals surface area contributed by atoms with E-state index in [0.29, 0.717) is 0 Å². The van der Waals surface area contributed by atoms with Crippen LogP contribution in [-0.4, -0.2) is 0 Å². The molecule has 2 heteroatoms. The average Bonchev–Trinajstić information content (AvgIpc) is 2.82. The van der Waals surface area contributed by atoms with Crippen molar-refractivity contribution in [3.63, 3.8) is 0 Å². The van der Waals surface area contributed by atoms with Crippen LogP contribution in [0.1, 0.15) is 30.9 Å². The van der Waals surface area contributed by atoms with Crippen LogP contribution < -0.4 is 9.80 Å². The van der Waals surface area contributed by atoms with Gasteiger partial charge in [0.25, 0.3) is 0 Å². The molecular formula is C29H28N2. The van der Waals surface area contributed by atoms with Gasteiger partial charge in [-0.15, -0.1) is 0 Å². The molecule has 0 amide bonds. The Morgan fingerprint density at radius 3 is 1.39 bits per heavy atom. The number of anilines is 6. The minimum Gasteiger partial charge on any atom is -0.306 e. The second-order valence-electron chi connectivity index (χ2n) is 8.25. The van der Waals surface area contributed by atoms with Crippen LogP contribution >= 0.6 is 0 Å². The summed E-state index contributed by atoms with van der Waals surface area (Å²) in [4.78, 5) is 4.76. The highest BCUT2D eigenvalue weighted by Gasteiger charge is 2.29. The summed E-state index contributed by atoms with van der Waals surface area (Å²) < 4.78 is 0. The second-order valence-corrected chi connectivity index (χ2v) is 8.25. The first-order chi connectivity index (χ1) is 15.3. The van der Waals surface area contributed by atoms with Crippen LogP contribution in [0.5, 0.6) is 0 Å². The Morgan fingerprint density at radius 2 is 0.968 bits per heavy atom. The van der Waals surface area contributed by atoms with E-state index >= 15 is 0 Å². The molecule has 4 aromatic carbocycles. The van der Waals surface area contributed by atoms with Gasteiger partial charge in [-0.05, 0) is 73.9 Å². The molecule has 0 N–H and O–H groups in total. The summed E-state index contributed by atoms with van der Waals surface area (Å²) in [6.07, 6.45) is 3.61. The second kappa shape index (κ2) is 8.31.